The molecule has 0 aliphatic carbocycles. The molecular formula is C13H16N2O2. The molecule has 1 aromatic rings. The third-order valence-electron chi connectivity index (χ3n) is 2.10. The summed E-state index contributed by atoms with van der Waals surface area (Å²) in [5.41, 5.74) is 3.42. The predicted octanol–water partition coefficient (Wildman–Crippen LogP) is 1.71. The van der Waals surface area contributed by atoms with Crippen LogP contribution in [0.15, 0.2) is 49.6 Å². The van der Waals surface area contributed by atoms with Crippen molar-refractivity contribution in [3.8, 4) is 5.75 Å². The largest absolute Gasteiger partial charge is 0.508 e. The van der Waals surface area contributed by atoms with Crippen LogP contribution in [0.1, 0.15) is 10.4 Å². The molecule has 0 spiro atoms. The van der Waals surface area contributed by atoms with Gasteiger partial charge in [-0.2, -0.15) is 0 Å². The maximum Gasteiger partial charge on any atom is 0.268 e. The number of carbonyl (C=O) groups is 1. The van der Waals surface area contributed by atoms with Crippen LogP contribution in [0.5, 0.6) is 5.75 Å². The van der Waals surface area contributed by atoms with E-state index in [1.54, 1.807) is 24.3 Å². The van der Waals surface area contributed by atoms with Gasteiger partial charge in [-0.25, -0.2) is 5.43 Å². The van der Waals surface area contributed by atoms with Crippen molar-refractivity contribution < 1.29 is 9.90 Å². The quantitative estimate of drug-likeness (QED) is 0.580. The Labute approximate surface area is 101 Å². The molecule has 0 bridgehead atoms. The van der Waals surface area contributed by atoms with E-state index in [1.807, 2.05) is 0 Å². The summed E-state index contributed by atoms with van der Waals surface area (Å²) in [6, 6.07) is 6.10. The van der Waals surface area contributed by atoms with Gasteiger partial charge in [0.25, 0.3) is 5.91 Å². The van der Waals surface area contributed by atoms with Gasteiger partial charge in [0.15, 0.2) is 0 Å². The Bertz CT molecular complexity index is 398. The Balaban J connectivity index is 2.79. The van der Waals surface area contributed by atoms with Crippen molar-refractivity contribution in [3.63, 3.8) is 0 Å². The molecule has 1 rings (SSSR count). The smallest absolute Gasteiger partial charge is 0.268 e. The highest BCUT2D eigenvalue weighted by atomic mass is 16.3. The van der Waals surface area contributed by atoms with Gasteiger partial charge in [0.05, 0.1) is 6.54 Å². The third kappa shape index (κ3) is 3.77. The Morgan fingerprint density at radius 1 is 1.29 bits per heavy atom. The summed E-state index contributed by atoms with van der Waals surface area (Å²) in [4.78, 5) is 12.1. The lowest BCUT2D eigenvalue weighted by Gasteiger charge is -2.21. The van der Waals surface area contributed by atoms with Crippen molar-refractivity contribution in [2.24, 2.45) is 0 Å². The minimum Gasteiger partial charge on any atom is -0.508 e. The molecule has 1 amide bonds. The molecule has 0 saturated carbocycles. The molecule has 17 heavy (non-hydrogen) atoms. The van der Waals surface area contributed by atoms with E-state index in [0.29, 0.717) is 18.7 Å². The van der Waals surface area contributed by atoms with E-state index >= 15 is 0 Å². The monoisotopic (exact) mass is 232 g/mol. The van der Waals surface area contributed by atoms with E-state index in [4.69, 9.17) is 5.11 Å². The normalized spacial score (nSPS) is 9.65. The van der Waals surface area contributed by atoms with Crippen LogP contribution in [0.2, 0.25) is 0 Å². The summed E-state index contributed by atoms with van der Waals surface area (Å²) in [5.74, 6) is -0.0392. The third-order valence-corrected chi connectivity index (χ3v) is 2.10. The van der Waals surface area contributed by atoms with Crippen molar-refractivity contribution in [3.05, 3.63) is 55.1 Å². The second kappa shape index (κ2) is 6.50. The number of carbonyl (C=O) groups excluding carboxylic acids is 1. The first-order chi connectivity index (χ1) is 8.19. The van der Waals surface area contributed by atoms with Crippen molar-refractivity contribution in [2.45, 2.75) is 0 Å². The highest BCUT2D eigenvalue weighted by Gasteiger charge is 2.13. The Kier molecular flexibility index (Phi) is 4.97. The van der Waals surface area contributed by atoms with E-state index in [9.17, 15) is 4.79 Å². The maximum atomic E-state index is 12.1. The topological polar surface area (TPSA) is 52.6 Å². The van der Waals surface area contributed by atoms with Crippen LogP contribution < -0.4 is 5.43 Å². The van der Waals surface area contributed by atoms with Gasteiger partial charge in [-0.3, -0.25) is 9.80 Å². The lowest BCUT2D eigenvalue weighted by Crippen LogP contribution is -2.43. The number of hydrazine groups is 1. The molecule has 4 heteroatoms. The lowest BCUT2D eigenvalue weighted by molar-refractivity contribution is 0.0695. The van der Waals surface area contributed by atoms with Gasteiger partial charge in [0.1, 0.15) is 5.75 Å². The van der Waals surface area contributed by atoms with Crippen LogP contribution in [-0.4, -0.2) is 29.1 Å². The molecule has 2 N–H and O–H groups in total. The Morgan fingerprint density at radius 3 is 2.47 bits per heavy atom. The van der Waals surface area contributed by atoms with Crippen LogP contribution in [0.3, 0.4) is 0 Å². The molecule has 1 aromatic carbocycles. The molecule has 0 heterocycles. The molecule has 0 aliphatic heterocycles. The number of rotatable bonds is 6. The van der Waals surface area contributed by atoms with Crippen molar-refractivity contribution >= 4 is 5.91 Å². The average molecular weight is 232 g/mol. The fourth-order valence-electron chi connectivity index (χ4n) is 1.28. The number of amides is 1. The molecule has 90 valence electrons. The van der Waals surface area contributed by atoms with Gasteiger partial charge >= 0.3 is 0 Å². The van der Waals surface area contributed by atoms with Gasteiger partial charge in [0, 0.05) is 12.1 Å². The zero-order chi connectivity index (χ0) is 12.7. The first-order valence-corrected chi connectivity index (χ1v) is 5.25. The number of hydrogen-bond acceptors (Lipinski definition) is 3. The number of benzene rings is 1. The fraction of sp³-hybridized carbons (Fsp3) is 0.154. The number of nitrogens with zero attached hydrogens (tertiary/aromatic N) is 1. The molecule has 0 fully saturated rings. The standard InChI is InChI=1S/C13H16N2O2/c1-3-9-14-15(10-4-2)13(17)11-5-7-12(16)8-6-11/h3-8,14,16H,1-2,9-10H2. The molecular weight excluding hydrogens is 216 g/mol. The van der Waals surface area contributed by atoms with Crippen molar-refractivity contribution in [1.82, 2.24) is 10.4 Å². The summed E-state index contributed by atoms with van der Waals surface area (Å²) in [7, 11) is 0. The fourth-order valence-corrected chi connectivity index (χ4v) is 1.28. The first kappa shape index (κ1) is 13.0. The minimum absolute atomic E-state index is 0.135. The second-order valence-electron chi connectivity index (χ2n) is 3.40. The van der Waals surface area contributed by atoms with E-state index in [-0.39, 0.29) is 11.7 Å². The van der Waals surface area contributed by atoms with E-state index in [0.717, 1.165) is 0 Å². The summed E-state index contributed by atoms with van der Waals surface area (Å²) < 4.78 is 0. The number of hydrogen-bond donors (Lipinski definition) is 2. The van der Waals surface area contributed by atoms with Crippen LogP contribution in [0.25, 0.3) is 0 Å². The van der Waals surface area contributed by atoms with Gasteiger partial charge in [0.2, 0.25) is 0 Å². The Morgan fingerprint density at radius 2 is 1.94 bits per heavy atom. The minimum atomic E-state index is -0.174. The predicted molar refractivity (Wildman–Crippen MR) is 67.5 cm³/mol. The zero-order valence-electron chi connectivity index (χ0n) is 9.60. The second-order valence-corrected chi connectivity index (χ2v) is 3.40. The summed E-state index contributed by atoms with van der Waals surface area (Å²) in [5, 5.41) is 10.6. The SMILES string of the molecule is C=CCNN(CC=C)C(=O)c1ccc(O)cc1. The molecule has 0 radical (unpaired) electrons. The highest BCUT2D eigenvalue weighted by Crippen LogP contribution is 2.11. The molecule has 0 aromatic heterocycles. The zero-order valence-corrected chi connectivity index (χ0v) is 9.60. The van der Waals surface area contributed by atoms with Crippen LogP contribution in [0, 0.1) is 0 Å². The lowest BCUT2D eigenvalue weighted by atomic mass is 10.2. The molecule has 4 nitrogen and oxygen atoms in total. The van der Waals surface area contributed by atoms with Crippen LogP contribution in [-0.2, 0) is 0 Å². The highest BCUT2D eigenvalue weighted by molar-refractivity contribution is 5.94. The molecule has 0 saturated heterocycles. The van der Waals surface area contributed by atoms with Crippen molar-refractivity contribution in [2.75, 3.05) is 13.1 Å². The number of aromatic hydroxyl groups is 1. The number of phenolic OH excluding ortho intramolecular Hbond substituents is 1. The molecule has 0 aliphatic rings. The van der Waals surface area contributed by atoms with Crippen LogP contribution in [0.4, 0.5) is 0 Å². The van der Waals surface area contributed by atoms with Gasteiger partial charge in [-0.15, -0.1) is 13.2 Å². The Hall–Kier alpha value is -2.07. The summed E-state index contributed by atoms with van der Waals surface area (Å²) in [6.45, 7) is 8.07. The van der Waals surface area contributed by atoms with E-state index in [2.05, 4.69) is 18.6 Å². The van der Waals surface area contributed by atoms with E-state index < -0.39 is 0 Å². The van der Waals surface area contributed by atoms with Gasteiger partial charge in [-0.1, -0.05) is 12.2 Å². The van der Waals surface area contributed by atoms with Crippen LogP contribution >= 0.6 is 0 Å². The first-order valence-electron chi connectivity index (χ1n) is 5.25. The molecule has 0 unspecified atom stereocenters. The van der Waals surface area contributed by atoms with Crippen molar-refractivity contribution in [1.29, 1.82) is 0 Å². The van der Waals surface area contributed by atoms with E-state index in [1.165, 1.54) is 17.1 Å². The summed E-state index contributed by atoms with van der Waals surface area (Å²) in [6.07, 6.45) is 3.30. The van der Waals surface area contributed by atoms with Gasteiger partial charge in [-0.05, 0) is 24.3 Å². The maximum absolute atomic E-state index is 12.1. The van der Waals surface area contributed by atoms with Gasteiger partial charge < -0.3 is 5.11 Å². The molecule has 0 atom stereocenters. The summed E-state index contributed by atoms with van der Waals surface area (Å²) >= 11 is 0. The number of phenols is 1. The number of nitrogens with one attached hydrogen (secondary N) is 1. The average Bonchev–Trinajstić information content (AvgIpc) is 2.34.